The van der Waals surface area contributed by atoms with Gasteiger partial charge in [-0.1, -0.05) is 29.4 Å². The summed E-state index contributed by atoms with van der Waals surface area (Å²) < 4.78 is 31.3. The highest BCUT2D eigenvalue weighted by Gasteiger charge is 2.11. The van der Waals surface area contributed by atoms with Gasteiger partial charge in [-0.3, -0.25) is 0 Å². The van der Waals surface area contributed by atoms with Gasteiger partial charge < -0.3 is 15.2 Å². The van der Waals surface area contributed by atoms with Crippen LogP contribution < -0.4 is 10.6 Å². The normalized spacial score (nSPS) is 10.5. The van der Waals surface area contributed by atoms with Crippen molar-refractivity contribution in [2.75, 3.05) is 5.32 Å². The topological polar surface area (TPSA) is 63.0 Å². The van der Waals surface area contributed by atoms with E-state index in [2.05, 4.69) is 20.8 Å². The van der Waals surface area contributed by atoms with Gasteiger partial charge in [0.05, 0.1) is 6.54 Å². The number of nitrogens with zero attached hydrogens (tertiary/aromatic N) is 2. The molecular formula is C17H14F2N4OS. The third-order valence-corrected chi connectivity index (χ3v) is 3.68. The molecule has 0 bridgehead atoms. The van der Waals surface area contributed by atoms with Crippen LogP contribution in [0.15, 0.2) is 47.0 Å². The van der Waals surface area contributed by atoms with Crippen molar-refractivity contribution >= 4 is 23.0 Å². The lowest BCUT2D eigenvalue weighted by atomic mass is 10.1. The number of nitrogens with one attached hydrogen (secondary N) is 2. The fraction of sp³-hybridized carbons (Fsp3) is 0.118. The largest absolute Gasteiger partial charge is 0.353 e. The predicted molar refractivity (Wildman–Crippen MR) is 93.9 cm³/mol. The molecular weight excluding hydrogens is 346 g/mol. The maximum atomic E-state index is 13.2. The molecule has 8 heteroatoms. The molecule has 5 nitrogen and oxygen atoms in total. The molecule has 0 spiro atoms. The van der Waals surface area contributed by atoms with Gasteiger partial charge in [0.25, 0.3) is 0 Å². The van der Waals surface area contributed by atoms with E-state index in [0.29, 0.717) is 17.4 Å². The van der Waals surface area contributed by atoms with Gasteiger partial charge in [0.15, 0.2) is 16.7 Å². The van der Waals surface area contributed by atoms with Gasteiger partial charge in [-0.05, 0) is 36.8 Å². The van der Waals surface area contributed by atoms with Crippen LogP contribution in [0.25, 0.3) is 11.4 Å². The molecule has 0 atom stereocenters. The predicted octanol–water partition coefficient (Wildman–Crippen LogP) is 3.81. The van der Waals surface area contributed by atoms with Crippen molar-refractivity contribution in [3.8, 4) is 11.4 Å². The zero-order valence-electron chi connectivity index (χ0n) is 13.2. The molecule has 0 amide bonds. The molecule has 0 saturated carbocycles. The van der Waals surface area contributed by atoms with Gasteiger partial charge in [0.2, 0.25) is 11.7 Å². The number of hydrogen-bond donors (Lipinski definition) is 2. The number of aromatic nitrogens is 2. The Balaban J connectivity index is 1.59. The van der Waals surface area contributed by atoms with E-state index in [1.165, 1.54) is 6.07 Å². The number of thiocarbonyl (C=S) groups is 1. The molecule has 0 saturated heterocycles. The van der Waals surface area contributed by atoms with Crippen LogP contribution in [-0.2, 0) is 6.54 Å². The summed E-state index contributed by atoms with van der Waals surface area (Å²) in [5.74, 6) is -1.02. The summed E-state index contributed by atoms with van der Waals surface area (Å²) in [7, 11) is 0. The van der Waals surface area contributed by atoms with Gasteiger partial charge in [-0.2, -0.15) is 4.98 Å². The third kappa shape index (κ3) is 4.16. The van der Waals surface area contributed by atoms with Crippen molar-refractivity contribution in [3.63, 3.8) is 0 Å². The number of halogens is 2. The highest BCUT2D eigenvalue weighted by atomic mass is 32.1. The molecule has 0 radical (unpaired) electrons. The van der Waals surface area contributed by atoms with Crippen molar-refractivity contribution < 1.29 is 13.3 Å². The van der Waals surface area contributed by atoms with Crippen molar-refractivity contribution in [3.05, 3.63) is 65.6 Å². The van der Waals surface area contributed by atoms with Gasteiger partial charge >= 0.3 is 0 Å². The molecule has 25 heavy (non-hydrogen) atoms. The molecule has 1 heterocycles. The maximum absolute atomic E-state index is 13.2. The molecule has 0 unspecified atom stereocenters. The molecule has 3 rings (SSSR count). The number of rotatable bonds is 4. The van der Waals surface area contributed by atoms with Crippen LogP contribution in [0.5, 0.6) is 0 Å². The van der Waals surface area contributed by atoms with E-state index < -0.39 is 11.6 Å². The van der Waals surface area contributed by atoms with Crippen LogP contribution in [0.4, 0.5) is 14.5 Å². The highest BCUT2D eigenvalue weighted by molar-refractivity contribution is 7.80. The number of aryl methyl sites for hydroxylation is 1. The van der Waals surface area contributed by atoms with E-state index in [1.54, 1.807) is 0 Å². The first-order valence-corrected chi connectivity index (χ1v) is 7.82. The van der Waals surface area contributed by atoms with Crippen LogP contribution in [0.1, 0.15) is 11.5 Å². The molecule has 0 aliphatic carbocycles. The third-order valence-electron chi connectivity index (χ3n) is 3.43. The molecule has 3 aromatic rings. The van der Waals surface area contributed by atoms with E-state index in [0.717, 1.165) is 23.3 Å². The minimum Gasteiger partial charge on any atom is -0.353 e. The van der Waals surface area contributed by atoms with Crippen LogP contribution in [0.2, 0.25) is 0 Å². The average molecular weight is 360 g/mol. The van der Waals surface area contributed by atoms with Crippen LogP contribution >= 0.6 is 12.2 Å². The summed E-state index contributed by atoms with van der Waals surface area (Å²) in [6.45, 7) is 2.17. The molecule has 128 valence electrons. The second-order valence-corrected chi connectivity index (χ2v) is 5.67. The fourth-order valence-electron chi connectivity index (χ4n) is 2.16. The Labute approximate surface area is 148 Å². The summed E-state index contributed by atoms with van der Waals surface area (Å²) in [6, 6.07) is 11.1. The Morgan fingerprint density at radius 2 is 1.96 bits per heavy atom. The first kappa shape index (κ1) is 17.0. The smallest absolute Gasteiger partial charge is 0.246 e. The lowest BCUT2D eigenvalue weighted by Gasteiger charge is -2.08. The van der Waals surface area contributed by atoms with Crippen molar-refractivity contribution in [2.45, 2.75) is 13.5 Å². The first-order chi connectivity index (χ1) is 12.0. The summed E-state index contributed by atoms with van der Waals surface area (Å²) in [5, 5.41) is 9.79. The number of benzene rings is 2. The van der Waals surface area contributed by atoms with Crippen LogP contribution in [-0.4, -0.2) is 15.3 Å². The second-order valence-electron chi connectivity index (χ2n) is 5.26. The first-order valence-electron chi connectivity index (χ1n) is 7.41. The Hall–Kier alpha value is -2.87. The Bertz CT molecular complexity index is 913. The summed E-state index contributed by atoms with van der Waals surface area (Å²) in [6.07, 6.45) is 0. The van der Waals surface area contributed by atoms with Gasteiger partial charge in [0, 0.05) is 17.3 Å². The van der Waals surface area contributed by atoms with E-state index in [4.69, 9.17) is 16.7 Å². The monoisotopic (exact) mass is 360 g/mol. The SMILES string of the molecule is Cc1ccccc1-c1noc(CNC(=S)Nc2ccc(F)c(F)c2)n1. The molecule has 0 fully saturated rings. The molecule has 2 aromatic carbocycles. The summed E-state index contributed by atoms with van der Waals surface area (Å²) >= 11 is 5.10. The minimum atomic E-state index is -0.951. The van der Waals surface area contributed by atoms with Crippen LogP contribution in [0, 0.1) is 18.6 Å². The standard InChI is InChI=1S/C17H14F2N4OS/c1-10-4-2-3-5-12(10)16-22-15(24-23-16)9-20-17(25)21-11-6-7-13(18)14(19)8-11/h2-8H,9H2,1H3,(H2,20,21,25). The average Bonchev–Trinajstić information content (AvgIpc) is 3.05. The van der Waals surface area contributed by atoms with Gasteiger partial charge in [-0.25, -0.2) is 8.78 Å². The zero-order valence-corrected chi connectivity index (χ0v) is 14.0. The van der Waals surface area contributed by atoms with E-state index in [-0.39, 0.29) is 11.7 Å². The van der Waals surface area contributed by atoms with Crippen LogP contribution in [0.3, 0.4) is 0 Å². The molecule has 0 aliphatic rings. The van der Waals surface area contributed by atoms with E-state index >= 15 is 0 Å². The summed E-state index contributed by atoms with van der Waals surface area (Å²) in [4.78, 5) is 4.31. The number of hydrogen-bond acceptors (Lipinski definition) is 4. The maximum Gasteiger partial charge on any atom is 0.246 e. The van der Waals surface area contributed by atoms with E-state index in [1.807, 2.05) is 31.2 Å². The Morgan fingerprint density at radius 1 is 1.16 bits per heavy atom. The molecule has 1 aromatic heterocycles. The minimum absolute atomic E-state index is 0.203. The second kappa shape index (κ2) is 7.35. The fourth-order valence-corrected chi connectivity index (χ4v) is 2.35. The lowest BCUT2D eigenvalue weighted by molar-refractivity contribution is 0.376. The van der Waals surface area contributed by atoms with Gasteiger partial charge in [0.1, 0.15) is 0 Å². The van der Waals surface area contributed by atoms with Crippen molar-refractivity contribution in [1.29, 1.82) is 0 Å². The Kier molecular flexibility index (Phi) is 4.99. The quantitative estimate of drug-likeness (QED) is 0.690. The zero-order chi connectivity index (χ0) is 17.8. The molecule has 0 aliphatic heterocycles. The number of anilines is 1. The lowest BCUT2D eigenvalue weighted by Crippen LogP contribution is -2.28. The Morgan fingerprint density at radius 3 is 2.72 bits per heavy atom. The van der Waals surface area contributed by atoms with Gasteiger partial charge in [-0.15, -0.1) is 0 Å². The van der Waals surface area contributed by atoms with Crippen molar-refractivity contribution in [1.82, 2.24) is 15.5 Å². The summed E-state index contributed by atoms with van der Waals surface area (Å²) in [5.41, 5.74) is 2.26. The van der Waals surface area contributed by atoms with E-state index in [9.17, 15) is 8.78 Å². The van der Waals surface area contributed by atoms with Crippen molar-refractivity contribution in [2.24, 2.45) is 0 Å². The molecule has 2 N–H and O–H groups in total. The highest BCUT2D eigenvalue weighted by Crippen LogP contribution is 2.19.